The molecule has 0 amide bonds. The zero-order chi connectivity index (χ0) is 14.7. The minimum absolute atomic E-state index is 0.484. The summed E-state index contributed by atoms with van der Waals surface area (Å²) in [4.78, 5) is 0. The summed E-state index contributed by atoms with van der Waals surface area (Å²) in [5, 5.41) is 3.52. The van der Waals surface area contributed by atoms with Gasteiger partial charge in [0.15, 0.2) is 0 Å². The third-order valence-corrected chi connectivity index (χ3v) is 3.92. The number of hydrogen-bond donors (Lipinski definition) is 1. The van der Waals surface area contributed by atoms with E-state index in [1.54, 1.807) is 0 Å². The molecule has 1 saturated carbocycles. The monoisotopic (exact) mass is 285 g/mol. The molecule has 0 atom stereocenters. The van der Waals surface area contributed by atoms with Gasteiger partial charge in [0.25, 0.3) is 0 Å². The first-order valence-corrected chi connectivity index (χ1v) is 7.78. The average molecular weight is 285 g/mol. The first-order chi connectivity index (χ1) is 10.2. The molecule has 1 aliphatic carbocycles. The number of furan rings is 1. The molecule has 3 nitrogen and oxygen atoms in total. The maximum atomic E-state index is 5.83. The van der Waals surface area contributed by atoms with Crippen LogP contribution in [-0.2, 0) is 19.6 Å². The van der Waals surface area contributed by atoms with Crippen LogP contribution in [0.4, 0.5) is 0 Å². The molecule has 21 heavy (non-hydrogen) atoms. The predicted molar refractivity (Wildman–Crippen MR) is 83.5 cm³/mol. The first-order valence-electron chi connectivity index (χ1n) is 7.78. The van der Waals surface area contributed by atoms with E-state index < -0.39 is 0 Å². The lowest BCUT2D eigenvalue weighted by molar-refractivity contribution is 0.267. The van der Waals surface area contributed by atoms with E-state index in [1.807, 2.05) is 19.1 Å². The van der Waals surface area contributed by atoms with Crippen molar-refractivity contribution < 1.29 is 9.15 Å². The first kappa shape index (κ1) is 14.2. The molecule has 0 saturated heterocycles. The van der Waals surface area contributed by atoms with Gasteiger partial charge in [0, 0.05) is 18.2 Å². The van der Waals surface area contributed by atoms with Crippen molar-refractivity contribution in [1.82, 2.24) is 5.32 Å². The molecule has 0 spiro atoms. The lowest BCUT2D eigenvalue weighted by Gasteiger charge is -2.05. The molecule has 1 fully saturated rings. The van der Waals surface area contributed by atoms with Crippen molar-refractivity contribution in [3.05, 3.63) is 53.0 Å². The molecule has 1 aliphatic rings. The van der Waals surface area contributed by atoms with Crippen LogP contribution in [-0.4, -0.2) is 6.04 Å². The number of benzene rings is 1. The van der Waals surface area contributed by atoms with Gasteiger partial charge in [0.1, 0.15) is 23.9 Å². The number of ether oxygens (including phenoxy) is 1. The Bertz CT molecular complexity index is 599. The normalized spacial score (nSPS) is 14.4. The number of aryl methyl sites for hydroxylation is 2. The fraction of sp³-hybridized carbons (Fsp3) is 0.444. The Labute approximate surface area is 126 Å². The molecule has 0 bridgehead atoms. The van der Waals surface area contributed by atoms with Crippen molar-refractivity contribution in [3.8, 4) is 5.75 Å². The van der Waals surface area contributed by atoms with Crippen LogP contribution >= 0.6 is 0 Å². The summed E-state index contributed by atoms with van der Waals surface area (Å²) in [5.74, 6) is 2.78. The quantitative estimate of drug-likeness (QED) is 0.835. The van der Waals surface area contributed by atoms with E-state index in [1.165, 1.54) is 24.0 Å². The Kier molecular flexibility index (Phi) is 4.30. The van der Waals surface area contributed by atoms with Gasteiger partial charge in [-0.25, -0.2) is 0 Å². The van der Waals surface area contributed by atoms with Crippen molar-refractivity contribution in [2.24, 2.45) is 0 Å². The van der Waals surface area contributed by atoms with Crippen LogP contribution in [0.3, 0.4) is 0 Å². The fourth-order valence-corrected chi connectivity index (χ4v) is 2.39. The van der Waals surface area contributed by atoms with Crippen molar-refractivity contribution in [3.63, 3.8) is 0 Å². The van der Waals surface area contributed by atoms with Gasteiger partial charge in [-0.05, 0) is 49.9 Å². The topological polar surface area (TPSA) is 34.4 Å². The Morgan fingerprint density at radius 2 is 2.14 bits per heavy atom. The molecule has 0 aliphatic heterocycles. The highest BCUT2D eigenvalue weighted by Crippen LogP contribution is 2.22. The van der Waals surface area contributed by atoms with Crippen LogP contribution in [0.15, 0.2) is 34.7 Å². The molecule has 1 heterocycles. The van der Waals surface area contributed by atoms with Crippen LogP contribution in [0.1, 0.15) is 42.4 Å². The molecule has 3 heteroatoms. The summed E-state index contributed by atoms with van der Waals surface area (Å²) in [6.07, 6.45) is 3.63. The largest absolute Gasteiger partial charge is 0.486 e. The molecule has 3 rings (SSSR count). The van der Waals surface area contributed by atoms with Gasteiger partial charge < -0.3 is 14.5 Å². The fourth-order valence-electron chi connectivity index (χ4n) is 2.39. The van der Waals surface area contributed by atoms with Crippen molar-refractivity contribution in [2.45, 2.75) is 52.3 Å². The average Bonchev–Trinajstić information content (AvgIpc) is 3.27. The lowest BCUT2D eigenvalue weighted by Crippen LogP contribution is -2.15. The highest BCUT2D eigenvalue weighted by Gasteiger charge is 2.20. The summed E-state index contributed by atoms with van der Waals surface area (Å²) >= 11 is 0. The summed E-state index contributed by atoms with van der Waals surface area (Å²) in [6, 6.07) is 11.1. The number of rotatable bonds is 7. The van der Waals surface area contributed by atoms with Crippen LogP contribution in [0.2, 0.25) is 0 Å². The molecule has 1 aromatic heterocycles. The van der Waals surface area contributed by atoms with E-state index in [4.69, 9.17) is 9.15 Å². The van der Waals surface area contributed by atoms with E-state index in [2.05, 4.69) is 30.4 Å². The summed E-state index contributed by atoms with van der Waals surface area (Å²) in [7, 11) is 0. The zero-order valence-corrected chi connectivity index (χ0v) is 12.8. The predicted octanol–water partition coefficient (Wildman–Crippen LogP) is 3.98. The molecule has 0 unspecified atom stereocenters. The van der Waals surface area contributed by atoms with Gasteiger partial charge in [-0.3, -0.25) is 0 Å². The van der Waals surface area contributed by atoms with E-state index >= 15 is 0 Å². The standard InChI is InChI=1S/C18H23NO2/c1-3-14-5-4-6-17(9-14)20-12-18-10-15(13(2)21-18)11-19-16-7-8-16/h4-6,9-10,16,19H,3,7-8,11-12H2,1-2H3. The van der Waals surface area contributed by atoms with Crippen LogP contribution in [0, 0.1) is 6.92 Å². The van der Waals surface area contributed by atoms with Crippen molar-refractivity contribution >= 4 is 0 Å². The molecular weight excluding hydrogens is 262 g/mol. The van der Waals surface area contributed by atoms with Crippen LogP contribution in [0.25, 0.3) is 0 Å². The van der Waals surface area contributed by atoms with E-state index in [9.17, 15) is 0 Å². The Balaban J connectivity index is 1.57. The van der Waals surface area contributed by atoms with Crippen LogP contribution in [0.5, 0.6) is 5.75 Å². The van der Waals surface area contributed by atoms with E-state index in [0.717, 1.165) is 36.3 Å². The lowest BCUT2D eigenvalue weighted by atomic mass is 10.2. The smallest absolute Gasteiger partial charge is 0.146 e. The highest BCUT2D eigenvalue weighted by atomic mass is 16.5. The number of nitrogens with one attached hydrogen (secondary N) is 1. The molecular formula is C18H23NO2. The van der Waals surface area contributed by atoms with Gasteiger partial charge in [0.2, 0.25) is 0 Å². The molecule has 1 aromatic carbocycles. The van der Waals surface area contributed by atoms with Gasteiger partial charge >= 0.3 is 0 Å². The second kappa shape index (κ2) is 6.35. The SMILES string of the molecule is CCc1cccc(OCc2cc(CNC3CC3)c(C)o2)c1. The van der Waals surface area contributed by atoms with Gasteiger partial charge in [-0.15, -0.1) is 0 Å². The van der Waals surface area contributed by atoms with Crippen LogP contribution < -0.4 is 10.1 Å². The van der Waals surface area contributed by atoms with E-state index in [0.29, 0.717) is 6.61 Å². The van der Waals surface area contributed by atoms with Gasteiger partial charge in [0.05, 0.1) is 0 Å². The highest BCUT2D eigenvalue weighted by molar-refractivity contribution is 5.29. The molecule has 1 N–H and O–H groups in total. The maximum Gasteiger partial charge on any atom is 0.146 e. The van der Waals surface area contributed by atoms with Crippen molar-refractivity contribution in [1.29, 1.82) is 0 Å². The second-order valence-corrected chi connectivity index (χ2v) is 5.74. The number of hydrogen-bond acceptors (Lipinski definition) is 3. The van der Waals surface area contributed by atoms with E-state index in [-0.39, 0.29) is 0 Å². The minimum atomic E-state index is 0.484. The molecule has 0 radical (unpaired) electrons. The Hall–Kier alpha value is -1.74. The molecule has 2 aromatic rings. The Morgan fingerprint density at radius 3 is 2.90 bits per heavy atom. The van der Waals surface area contributed by atoms with Gasteiger partial charge in [-0.2, -0.15) is 0 Å². The van der Waals surface area contributed by atoms with Gasteiger partial charge in [-0.1, -0.05) is 19.1 Å². The summed E-state index contributed by atoms with van der Waals surface area (Å²) < 4.78 is 11.6. The molecule has 112 valence electrons. The third kappa shape index (κ3) is 3.88. The third-order valence-electron chi connectivity index (χ3n) is 3.92. The van der Waals surface area contributed by atoms with Crippen molar-refractivity contribution in [2.75, 3.05) is 0 Å². The second-order valence-electron chi connectivity index (χ2n) is 5.74. The summed E-state index contributed by atoms with van der Waals surface area (Å²) in [5.41, 5.74) is 2.53. The Morgan fingerprint density at radius 1 is 1.29 bits per heavy atom. The summed E-state index contributed by atoms with van der Waals surface area (Å²) in [6.45, 7) is 5.54. The zero-order valence-electron chi connectivity index (χ0n) is 12.8. The maximum absolute atomic E-state index is 5.83. The minimum Gasteiger partial charge on any atom is -0.486 e.